The highest BCUT2D eigenvalue weighted by atomic mass is 79.9. The van der Waals surface area contributed by atoms with Crippen LogP contribution in [0.1, 0.15) is 69.7 Å². The van der Waals surface area contributed by atoms with E-state index in [4.69, 9.17) is 9.47 Å². The van der Waals surface area contributed by atoms with Gasteiger partial charge in [-0.2, -0.15) is 0 Å². The van der Waals surface area contributed by atoms with E-state index in [1.54, 1.807) is 32.9 Å². The number of carbonyl (C=O) groups is 2. The van der Waals surface area contributed by atoms with Gasteiger partial charge in [0.15, 0.2) is 5.75 Å². The maximum absolute atomic E-state index is 14.8. The smallest absolute Gasteiger partial charge is 0.410 e. The number of nitro benzene ring substituents is 1. The highest BCUT2D eigenvalue weighted by molar-refractivity contribution is 9.10. The Morgan fingerprint density at radius 2 is 1.87 bits per heavy atom. The molecule has 3 heterocycles. The number of amides is 2. The third-order valence-electron chi connectivity index (χ3n) is 8.24. The predicted molar refractivity (Wildman–Crippen MR) is 169 cm³/mol. The maximum Gasteiger partial charge on any atom is 0.410 e. The molecule has 11 nitrogen and oxygen atoms in total. The van der Waals surface area contributed by atoms with Crippen LogP contribution in [0.2, 0.25) is 0 Å². The molecule has 0 radical (unpaired) electrons. The van der Waals surface area contributed by atoms with Gasteiger partial charge in [-0.3, -0.25) is 14.9 Å². The number of piperidine rings is 2. The van der Waals surface area contributed by atoms with Crippen LogP contribution in [0, 0.1) is 22.0 Å². The second-order valence-corrected chi connectivity index (χ2v) is 13.3. The molecule has 45 heavy (non-hydrogen) atoms. The lowest BCUT2D eigenvalue weighted by Crippen LogP contribution is -2.50. The second-order valence-electron chi connectivity index (χ2n) is 12.6. The summed E-state index contributed by atoms with van der Waals surface area (Å²) in [4.78, 5) is 44.4. The first-order chi connectivity index (χ1) is 21.2. The number of likely N-dealkylation sites (tertiary alicyclic amines) is 1. The maximum atomic E-state index is 14.8. The minimum atomic E-state index is -2.84. The van der Waals surface area contributed by atoms with Crippen molar-refractivity contribution >= 4 is 45.1 Å². The summed E-state index contributed by atoms with van der Waals surface area (Å²) in [5.41, 5.74) is -0.0802. The Balaban J connectivity index is 1.35. The molecule has 2 aliphatic heterocycles. The van der Waals surface area contributed by atoms with Gasteiger partial charge in [0.2, 0.25) is 0 Å². The van der Waals surface area contributed by atoms with Gasteiger partial charge in [-0.25, -0.2) is 18.6 Å². The summed E-state index contributed by atoms with van der Waals surface area (Å²) in [5.74, 6) is -3.14. The molecule has 0 saturated carbocycles. The van der Waals surface area contributed by atoms with Crippen LogP contribution < -0.4 is 15.0 Å². The SMILES string of the molecule is COc1ccc(NC(=O)c2ccc([N+](=O)[O-])cc2N2CCC(CCCC3CN(C(=O)OC(C)(C)C)CCC3(F)F)CC2)nc1Br. The van der Waals surface area contributed by atoms with E-state index in [1.165, 1.54) is 30.2 Å². The molecule has 14 heteroatoms. The zero-order valence-electron chi connectivity index (χ0n) is 26.0. The van der Waals surface area contributed by atoms with Gasteiger partial charge in [0.1, 0.15) is 16.0 Å². The number of halogens is 3. The minimum absolute atomic E-state index is 0.0251. The molecule has 1 aromatic heterocycles. The van der Waals surface area contributed by atoms with E-state index in [0.717, 1.165) is 19.3 Å². The highest BCUT2D eigenvalue weighted by Gasteiger charge is 2.45. The van der Waals surface area contributed by atoms with Crippen molar-refractivity contribution in [1.29, 1.82) is 0 Å². The van der Waals surface area contributed by atoms with Gasteiger partial charge in [-0.1, -0.05) is 12.8 Å². The van der Waals surface area contributed by atoms with Crippen molar-refractivity contribution in [3.8, 4) is 5.75 Å². The molecule has 0 aliphatic carbocycles. The van der Waals surface area contributed by atoms with Crippen molar-refractivity contribution in [2.75, 3.05) is 43.5 Å². The monoisotopic (exact) mass is 695 g/mol. The molecule has 2 aromatic rings. The number of nitrogens with zero attached hydrogens (tertiary/aromatic N) is 4. The van der Waals surface area contributed by atoms with E-state index in [0.29, 0.717) is 42.0 Å². The normalized spacial score (nSPS) is 18.8. The lowest BCUT2D eigenvalue weighted by atomic mass is 9.85. The van der Waals surface area contributed by atoms with E-state index in [2.05, 4.69) is 26.2 Å². The molecule has 1 atom stereocenters. The Bertz CT molecular complexity index is 1400. The summed E-state index contributed by atoms with van der Waals surface area (Å²) < 4.78 is 40.5. The molecule has 2 amide bonds. The van der Waals surface area contributed by atoms with Crippen LogP contribution in [0.5, 0.6) is 5.75 Å². The van der Waals surface area contributed by atoms with Crippen LogP contribution in [0.15, 0.2) is 34.9 Å². The topological polar surface area (TPSA) is 127 Å². The van der Waals surface area contributed by atoms with Crippen molar-refractivity contribution in [3.05, 3.63) is 50.6 Å². The van der Waals surface area contributed by atoms with Crippen molar-refractivity contribution in [2.24, 2.45) is 11.8 Å². The van der Waals surface area contributed by atoms with Crippen LogP contribution >= 0.6 is 15.9 Å². The summed E-state index contributed by atoms with van der Waals surface area (Å²) in [6.45, 7) is 6.32. The van der Waals surface area contributed by atoms with Gasteiger partial charge in [-0.05, 0) is 80.1 Å². The molecule has 0 bridgehead atoms. The van der Waals surface area contributed by atoms with Gasteiger partial charge in [0.05, 0.1) is 23.3 Å². The first kappa shape index (κ1) is 34.3. The highest BCUT2D eigenvalue weighted by Crippen LogP contribution is 2.38. The molecule has 2 aliphatic rings. The number of pyridine rings is 1. The molecule has 2 fully saturated rings. The standard InChI is InChI=1S/C31H40BrF2N5O6/c1-30(2,3)45-29(41)38-17-14-31(33,34)21(19-38)7-5-6-20-12-15-37(16-13-20)24-18-22(39(42)43)8-9-23(24)28(40)36-26-11-10-25(44-4)27(32)35-26/h8-11,18,20-21H,5-7,12-17,19H2,1-4H3,(H,35,36,40). The van der Waals surface area contributed by atoms with E-state index >= 15 is 0 Å². The van der Waals surface area contributed by atoms with Crippen LogP contribution in [-0.2, 0) is 4.74 Å². The minimum Gasteiger partial charge on any atom is -0.494 e. The van der Waals surface area contributed by atoms with Crippen molar-refractivity contribution in [1.82, 2.24) is 9.88 Å². The Morgan fingerprint density at radius 3 is 2.49 bits per heavy atom. The van der Waals surface area contributed by atoms with E-state index < -0.39 is 34.4 Å². The van der Waals surface area contributed by atoms with Crippen molar-refractivity contribution < 1.29 is 32.8 Å². The summed E-state index contributed by atoms with van der Waals surface area (Å²) in [5, 5.41) is 14.3. The molecule has 1 aromatic carbocycles. The molecular weight excluding hydrogens is 656 g/mol. The largest absolute Gasteiger partial charge is 0.494 e. The molecule has 1 unspecified atom stereocenters. The Morgan fingerprint density at radius 1 is 1.16 bits per heavy atom. The average Bonchev–Trinajstić information content (AvgIpc) is 2.97. The third-order valence-corrected chi connectivity index (χ3v) is 8.81. The summed E-state index contributed by atoms with van der Waals surface area (Å²) >= 11 is 3.30. The van der Waals surface area contributed by atoms with Crippen LogP contribution in [0.3, 0.4) is 0 Å². The number of rotatable bonds is 9. The summed E-state index contributed by atoms with van der Waals surface area (Å²) in [6, 6.07) is 7.40. The van der Waals surface area contributed by atoms with Crippen LogP contribution in [-0.4, -0.2) is 71.6 Å². The van der Waals surface area contributed by atoms with Gasteiger partial charge in [-0.15, -0.1) is 0 Å². The molecule has 4 rings (SSSR count). The van der Waals surface area contributed by atoms with Crippen molar-refractivity contribution in [3.63, 3.8) is 0 Å². The molecular formula is C31H40BrF2N5O6. The number of ether oxygens (including phenoxy) is 2. The van der Waals surface area contributed by atoms with Crippen LogP contribution in [0.25, 0.3) is 0 Å². The predicted octanol–water partition coefficient (Wildman–Crippen LogP) is 7.29. The fraction of sp³-hybridized carbons (Fsp3) is 0.581. The second kappa shape index (κ2) is 14.3. The quantitative estimate of drug-likeness (QED) is 0.165. The fourth-order valence-corrected chi connectivity index (χ4v) is 6.29. The Kier molecular flexibility index (Phi) is 10.9. The Labute approximate surface area is 269 Å². The Hall–Kier alpha value is -3.55. The van der Waals surface area contributed by atoms with Gasteiger partial charge in [0, 0.05) is 50.7 Å². The van der Waals surface area contributed by atoms with Gasteiger partial charge in [0.25, 0.3) is 17.5 Å². The number of nitrogens with one attached hydrogen (secondary N) is 1. The van der Waals surface area contributed by atoms with E-state index in [1.807, 2.05) is 4.90 Å². The summed E-state index contributed by atoms with van der Waals surface area (Å²) in [6.07, 6.45) is 2.23. The fourth-order valence-electron chi connectivity index (χ4n) is 5.80. The number of hydrogen-bond donors (Lipinski definition) is 1. The molecule has 2 saturated heterocycles. The van der Waals surface area contributed by atoms with Gasteiger partial charge >= 0.3 is 6.09 Å². The number of carbonyl (C=O) groups excluding carboxylic acids is 2. The average molecular weight is 697 g/mol. The number of anilines is 2. The number of aromatic nitrogens is 1. The van der Waals surface area contributed by atoms with Gasteiger partial charge < -0.3 is 24.6 Å². The molecule has 1 N–H and O–H groups in total. The number of benzene rings is 1. The zero-order valence-corrected chi connectivity index (χ0v) is 27.6. The number of hydrogen-bond acceptors (Lipinski definition) is 8. The molecule has 246 valence electrons. The lowest BCUT2D eigenvalue weighted by Gasteiger charge is -2.39. The first-order valence-corrected chi connectivity index (χ1v) is 15.9. The number of alkyl halides is 2. The van der Waals surface area contributed by atoms with E-state index in [-0.39, 0.29) is 42.5 Å². The number of nitro groups is 1. The molecule has 0 spiro atoms. The van der Waals surface area contributed by atoms with Crippen molar-refractivity contribution in [2.45, 2.75) is 70.8 Å². The van der Waals surface area contributed by atoms with E-state index in [9.17, 15) is 28.5 Å². The first-order valence-electron chi connectivity index (χ1n) is 15.1. The third kappa shape index (κ3) is 9.01. The lowest BCUT2D eigenvalue weighted by molar-refractivity contribution is -0.384. The summed E-state index contributed by atoms with van der Waals surface area (Å²) in [7, 11) is 1.50. The number of methoxy groups -OCH3 is 1. The van der Waals surface area contributed by atoms with Crippen LogP contribution in [0.4, 0.5) is 30.8 Å². The number of non-ortho nitro benzene ring substituents is 1. The zero-order chi connectivity index (χ0) is 32.9.